The number of para-hydroxylation sites is 1. The van der Waals surface area contributed by atoms with Crippen molar-refractivity contribution in [1.82, 2.24) is 0 Å². The number of nitrogens with zero attached hydrogens (tertiary/aromatic N) is 1. The highest BCUT2D eigenvalue weighted by Gasteiger charge is 2.49. The van der Waals surface area contributed by atoms with Crippen molar-refractivity contribution >= 4 is 40.2 Å². The summed E-state index contributed by atoms with van der Waals surface area (Å²) in [5, 5.41) is 0. The summed E-state index contributed by atoms with van der Waals surface area (Å²) in [7, 11) is 0. The summed E-state index contributed by atoms with van der Waals surface area (Å²) in [6.07, 6.45) is 0. The molecule has 32 heavy (non-hydrogen) atoms. The fraction of sp³-hybridized carbons (Fsp3) is 0. The fourth-order valence-corrected chi connectivity index (χ4v) is 6.26. The number of fused-ring (bicyclic) bond motifs is 2. The van der Waals surface area contributed by atoms with Gasteiger partial charge in [0.05, 0.1) is 0 Å². The molecule has 0 radical (unpaired) electrons. The predicted octanol–water partition coefficient (Wildman–Crippen LogP) is 5.61. The first-order valence-corrected chi connectivity index (χ1v) is 11.3. The first kappa shape index (κ1) is 16.6. The molecule has 0 spiro atoms. The zero-order valence-electron chi connectivity index (χ0n) is 17.4. The van der Waals surface area contributed by atoms with Crippen molar-refractivity contribution in [2.75, 3.05) is 4.90 Å². The second kappa shape index (κ2) is 5.80. The molecule has 5 aromatic carbocycles. The summed E-state index contributed by atoms with van der Waals surface area (Å²) >= 11 is 0. The minimum atomic E-state index is 0.334. The van der Waals surface area contributed by atoms with Crippen LogP contribution in [-0.2, 0) is 0 Å². The van der Waals surface area contributed by atoms with Gasteiger partial charge >= 0.3 is 0 Å². The van der Waals surface area contributed by atoms with Crippen LogP contribution in [0.4, 0.5) is 17.1 Å². The molecule has 5 aromatic rings. The Morgan fingerprint density at radius 1 is 0.438 bits per heavy atom. The van der Waals surface area contributed by atoms with Crippen LogP contribution in [0, 0.1) is 0 Å². The molecular weight excluding hydrogens is 385 g/mol. The van der Waals surface area contributed by atoms with Gasteiger partial charge in [0.2, 0.25) is 6.71 Å². The molecule has 0 unspecified atom stereocenters. The summed E-state index contributed by atoms with van der Waals surface area (Å²) in [4.78, 5) is 2.51. The van der Waals surface area contributed by atoms with E-state index in [1.165, 1.54) is 66.8 Å². The molecule has 8 rings (SSSR count). The lowest BCUT2D eigenvalue weighted by atomic mass is 9.39. The highest BCUT2D eigenvalue weighted by atomic mass is 15.2. The molecule has 0 aliphatic carbocycles. The van der Waals surface area contributed by atoms with E-state index in [9.17, 15) is 0 Å². The molecule has 0 fully saturated rings. The maximum atomic E-state index is 2.51. The van der Waals surface area contributed by atoms with Crippen LogP contribution in [0.3, 0.4) is 0 Å². The molecule has 3 aliphatic heterocycles. The van der Waals surface area contributed by atoms with Gasteiger partial charge in [-0.1, -0.05) is 96.5 Å². The summed E-state index contributed by atoms with van der Waals surface area (Å²) in [5.41, 5.74) is 16.4. The SMILES string of the molecule is c1ccc(-c2ccc3c4c2N(c2ccccc2)c2cccc5c2B4c2c-5cccc2-3)cc1. The molecule has 2 heteroatoms. The summed E-state index contributed by atoms with van der Waals surface area (Å²) in [6, 6.07) is 40.0. The minimum Gasteiger partial charge on any atom is -0.311 e. The molecule has 1 nitrogen and oxygen atoms in total. The van der Waals surface area contributed by atoms with E-state index in [0.717, 1.165) is 0 Å². The van der Waals surface area contributed by atoms with E-state index in [-0.39, 0.29) is 0 Å². The van der Waals surface area contributed by atoms with Crippen LogP contribution in [0.1, 0.15) is 0 Å². The quantitative estimate of drug-likeness (QED) is 0.339. The van der Waals surface area contributed by atoms with Crippen molar-refractivity contribution in [3.8, 4) is 33.4 Å². The standard InChI is InChI=1S/C30H18BN/c1-3-9-19(10-4-1)21-17-18-25-23-14-7-13-22-24-15-8-16-26-28(24)31(27(22)23)29(25)30(21)32(26)20-11-5-2-6-12-20/h1-18H. The number of hydrogen-bond acceptors (Lipinski definition) is 1. The monoisotopic (exact) mass is 403 g/mol. The Morgan fingerprint density at radius 2 is 1.03 bits per heavy atom. The zero-order valence-corrected chi connectivity index (χ0v) is 17.4. The Hall–Kier alpha value is -4.04. The van der Waals surface area contributed by atoms with Gasteiger partial charge in [0.15, 0.2) is 0 Å². The largest absolute Gasteiger partial charge is 0.311 e. The topological polar surface area (TPSA) is 3.24 Å². The van der Waals surface area contributed by atoms with Crippen molar-refractivity contribution in [2.45, 2.75) is 0 Å². The molecule has 0 amide bonds. The maximum Gasteiger partial charge on any atom is 0.249 e. The normalized spacial score (nSPS) is 13.5. The third-order valence-electron chi connectivity index (χ3n) is 7.42. The van der Waals surface area contributed by atoms with E-state index >= 15 is 0 Å². The van der Waals surface area contributed by atoms with Gasteiger partial charge in [-0.05, 0) is 56.9 Å². The lowest BCUT2D eigenvalue weighted by Crippen LogP contribution is -2.52. The Kier molecular flexibility index (Phi) is 3.02. The van der Waals surface area contributed by atoms with Gasteiger partial charge in [-0.3, -0.25) is 0 Å². The lowest BCUT2D eigenvalue weighted by Gasteiger charge is -2.37. The Labute approximate surface area is 187 Å². The van der Waals surface area contributed by atoms with Crippen LogP contribution in [0.25, 0.3) is 33.4 Å². The van der Waals surface area contributed by atoms with Gasteiger partial charge in [-0.15, -0.1) is 0 Å². The summed E-state index contributed by atoms with van der Waals surface area (Å²) < 4.78 is 0. The van der Waals surface area contributed by atoms with Crippen molar-refractivity contribution in [3.63, 3.8) is 0 Å². The predicted molar refractivity (Wildman–Crippen MR) is 136 cm³/mol. The third-order valence-corrected chi connectivity index (χ3v) is 7.42. The highest BCUT2D eigenvalue weighted by Crippen LogP contribution is 2.48. The van der Waals surface area contributed by atoms with Crippen LogP contribution in [0.5, 0.6) is 0 Å². The molecule has 0 bridgehead atoms. The number of rotatable bonds is 2. The third kappa shape index (κ3) is 1.87. The van der Waals surface area contributed by atoms with E-state index in [4.69, 9.17) is 0 Å². The van der Waals surface area contributed by atoms with Gasteiger partial charge in [-0.2, -0.15) is 0 Å². The van der Waals surface area contributed by atoms with Gasteiger partial charge in [-0.25, -0.2) is 0 Å². The second-order valence-corrected chi connectivity index (χ2v) is 8.90. The van der Waals surface area contributed by atoms with Crippen molar-refractivity contribution in [3.05, 3.63) is 109 Å². The number of anilines is 3. The van der Waals surface area contributed by atoms with E-state index < -0.39 is 0 Å². The van der Waals surface area contributed by atoms with E-state index in [2.05, 4.69) is 114 Å². The highest BCUT2D eigenvalue weighted by molar-refractivity contribution is 7.04. The average Bonchev–Trinajstić information content (AvgIpc) is 3.39. The van der Waals surface area contributed by atoms with Crippen LogP contribution >= 0.6 is 0 Å². The molecular formula is C30H18BN. The summed E-state index contributed by atoms with van der Waals surface area (Å²) in [6.45, 7) is 0.334. The molecule has 3 aliphatic rings. The van der Waals surface area contributed by atoms with E-state index in [0.29, 0.717) is 6.71 Å². The first-order valence-electron chi connectivity index (χ1n) is 11.3. The van der Waals surface area contributed by atoms with Gasteiger partial charge in [0, 0.05) is 22.6 Å². The van der Waals surface area contributed by atoms with Crippen molar-refractivity contribution < 1.29 is 0 Å². The van der Waals surface area contributed by atoms with Gasteiger partial charge in [0.25, 0.3) is 0 Å². The van der Waals surface area contributed by atoms with Crippen LogP contribution < -0.4 is 21.3 Å². The van der Waals surface area contributed by atoms with Crippen LogP contribution in [0.2, 0.25) is 0 Å². The van der Waals surface area contributed by atoms with Gasteiger partial charge in [0.1, 0.15) is 0 Å². The van der Waals surface area contributed by atoms with Crippen molar-refractivity contribution in [2.24, 2.45) is 0 Å². The van der Waals surface area contributed by atoms with Crippen LogP contribution in [-0.4, -0.2) is 6.71 Å². The van der Waals surface area contributed by atoms with E-state index in [1.807, 2.05) is 0 Å². The number of benzene rings is 5. The van der Waals surface area contributed by atoms with Gasteiger partial charge < -0.3 is 4.90 Å². The average molecular weight is 403 g/mol. The molecule has 3 heterocycles. The number of hydrogen-bond donors (Lipinski definition) is 0. The minimum absolute atomic E-state index is 0.334. The Bertz CT molecular complexity index is 1570. The fourth-order valence-electron chi connectivity index (χ4n) is 6.26. The first-order chi connectivity index (χ1) is 15.9. The molecule has 0 atom stereocenters. The molecule has 0 saturated carbocycles. The second-order valence-electron chi connectivity index (χ2n) is 8.90. The molecule has 0 saturated heterocycles. The van der Waals surface area contributed by atoms with E-state index in [1.54, 1.807) is 0 Å². The van der Waals surface area contributed by atoms with Crippen LogP contribution in [0.15, 0.2) is 109 Å². The Morgan fingerprint density at radius 3 is 1.78 bits per heavy atom. The smallest absolute Gasteiger partial charge is 0.249 e. The van der Waals surface area contributed by atoms with Crippen molar-refractivity contribution in [1.29, 1.82) is 0 Å². The molecule has 0 N–H and O–H groups in total. The zero-order chi connectivity index (χ0) is 20.8. The Balaban J connectivity index is 1.57. The lowest BCUT2D eigenvalue weighted by molar-refractivity contribution is 1.30. The molecule has 146 valence electrons. The maximum absolute atomic E-state index is 2.51. The summed E-state index contributed by atoms with van der Waals surface area (Å²) in [5.74, 6) is 0. The molecule has 0 aromatic heterocycles.